The Balaban J connectivity index is 1.93. The van der Waals surface area contributed by atoms with Crippen molar-refractivity contribution in [3.8, 4) is 0 Å². The van der Waals surface area contributed by atoms with Gasteiger partial charge in [-0.25, -0.2) is 4.79 Å². The molecular formula is C15H22O3. The van der Waals surface area contributed by atoms with E-state index in [-0.39, 0.29) is 17.9 Å². The van der Waals surface area contributed by atoms with E-state index in [9.17, 15) is 9.90 Å². The normalized spacial score (nSPS) is 46.4. The van der Waals surface area contributed by atoms with Gasteiger partial charge in [-0.15, -0.1) is 0 Å². The van der Waals surface area contributed by atoms with E-state index in [0.717, 1.165) is 24.7 Å². The van der Waals surface area contributed by atoms with Crippen LogP contribution < -0.4 is 0 Å². The maximum Gasteiger partial charge on any atom is 0.330 e. The third kappa shape index (κ3) is 1.71. The van der Waals surface area contributed by atoms with Gasteiger partial charge in [0.05, 0.1) is 0 Å². The molecule has 4 fully saturated rings. The SMILES string of the molecule is CC(=CC1C2CC3CC(C2)CC1(CO)C3)C(=O)O. The Morgan fingerprint density at radius 1 is 1.28 bits per heavy atom. The Hall–Kier alpha value is -0.830. The van der Waals surface area contributed by atoms with Crippen LogP contribution in [0.2, 0.25) is 0 Å². The van der Waals surface area contributed by atoms with E-state index >= 15 is 0 Å². The van der Waals surface area contributed by atoms with Gasteiger partial charge in [-0.05, 0) is 62.7 Å². The zero-order chi connectivity index (χ0) is 12.9. The lowest BCUT2D eigenvalue weighted by Crippen LogP contribution is -2.53. The van der Waals surface area contributed by atoms with Crippen LogP contribution in [0.5, 0.6) is 0 Å². The van der Waals surface area contributed by atoms with E-state index in [1.54, 1.807) is 6.92 Å². The van der Waals surface area contributed by atoms with Crippen LogP contribution in [0.4, 0.5) is 0 Å². The Morgan fingerprint density at radius 2 is 1.89 bits per heavy atom. The summed E-state index contributed by atoms with van der Waals surface area (Å²) < 4.78 is 0. The monoisotopic (exact) mass is 250 g/mol. The number of carboxylic acids is 1. The van der Waals surface area contributed by atoms with Gasteiger partial charge in [-0.3, -0.25) is 0 Å². The van der Waals surface area contributed by atoms with E-state index in [1.807, 2.05) is 6.08 Å². The number of allylic oxidation sites excluding steroid dienone is 1. The summed E-state index contributed by atoms with van der Waals surface area (Å²) in [5.74, 6) is 1.63. The van der Waals surface area contributed by atoms with Crippen molar-refractivity contribution in [2.45, 2.75) is 39.0 Å². The van der Waals surface area contributed by atoms with Crippen LogP contribution in [0, 0.1) is 29.1 Å². The van der Waals surface area contributed by atoms with Crippen molar-refractivity contribution >= 4 is 5.97 Å². The van der Waals surface area contributed by atoms with Crippen molar-refractivity contribution in [2.75, 3.05) is 6.61 Å². The first-order chi connectivity index (χ1) is 8.54. The van der Waals surface area contributed by atoms with Gasteiger partial charge in [0.25, 0.3) is 0 Å². The smallest absolute Gasteiger partial charge is 0.330 e. The number of aliphatic carboxylic acids is 1. The molecule has 0 radical (unpaired) electrons. The molecule has 0 aromatic rings. The number of hydrogen-bond donors (Lipinski definition) is 2. The molecule has 0 spiro atoms. The third-order valence-electron chi connectivity index (χ3n) is 5.63. The fourth-order valence-electron chi connectivity index (χ4n) is 5.14. The summed E-state index contributed by atoms with van der Waals surface area (Å²) in [6.45, 7) is 1.91. The number of carboxylic acid groups (broad SMARTS) is 1. The van der Waals surface area contributed by atoms with Crippen LogP contribution in [-0.2, 0) is 4.79 Å². The fraction of sp³-hybridized carbons (Fsp3) is 0.800. The zero-order valence-electron chi connectivity index (χ0n) is 10.9. The molecule has 2 N–H and O–H groups in total. The van der Waals surface area contributed by atoms with Crippen LogP contribution in [0.3, 0.4) is 0 Å². The predicted molar refractivity (Wildman–Crippen MR) is 68.0 cm³/mol. The minimum absolute atomic E-state index is 0.00847. The van der Waals surface area contributed by atoms with Crippen LogP contribution in [0.15, 0.2) is 11.6 Å². The maximum absolute atomic E-state index is 11.0. The van der Waals surface area contributed by atoms with Crippen LogP contribution >= 0.6 is 0 Å². The molecular weight excluding hydrogens is 228 g/mol. The van der Waals surface area contributed by atoms with Gasteiger partial charge in [0.15, 0.2) is 0 Å². The molecule has 3 nitrogen and oxygen atoms in total. The van der Waals surface area contributed by atoms with Gasteiger partial charge < -0.3 is 10.2 Å². The third-order valence-corrected chi connectivity index (χ3v) is 5.63. The summed E-state index contributed by atoms with van der Waals surface area (Å²) in [5.41, 5.74) is 0.436. The lowest BCUT2D eigenvalue weighted by atomic mass is 9.45. The summed E-state index contributed by atoms with van der Waals surface area (Å²) in [6, 6.07) is 0. The quantitative estimate of drug-likeness (QED) is 0.756. The predicted octanol–water partition coefficient (Wildman–Crippen LogP) is 2.45. The number of rotatable bonds is 3. The first-order valence-corrected chi connectivity index (χ1v) is 7.06. The molecule has 3 unspecified atom stereocenters. The molecule has 0 saturated heterocycles. The molecule has 4 rings (SSSR count). The van der Waals surface area contributed by atoms with Gasteiger partial charge >= 0.3 is 5.97 Å². The van der Waals surface area contributed by atoms with Crippen molar-refractivity contribution in [3.05, 3.63) is 11.6 Å². The van der Waals surface area contributed by atoms with E-state index in [4.69, 9.17) is 5.11 Å². The average Bonchev–Trinajstić information content (AvgIpc) is 2.32. The van der Waals surface area contributed by atoms with Crippen molar-refractivity contribution < 1.29 is 15.0 Å². The van der Waals surface area contributed by atoms with Gasteiger partial charge in [0, 0.05) is 17.6 Å². The Morgan fingerprint density at radius 3 is 2.39 bits per heavy atom. The lowest BCUT2D eigenvalue weighted by molar-refractivity contribution is -0.133. The maximum atomic E-state index is 11.0. The van der Waals surface area contributed by atoms with Gasteiger partial charge in [0.1, 0.15) is 0 Å². The van der Waals surface area contributed by atoms with Crippen LogP contribution in [0.25, 0.3) is 0 Å². The number of hydrogen-bond acceptors (Lipinski definition) is 2. The molecule has 3 atom stereocenters. The molecule has 0 amide bonds. The van der Waals surface area contributed by atoms with E-state index in [2.05, 4.69) is 0 Å². The first-order valence-electron chi connectivity index (χ1n) is 7.06. The highest BCUT2D eigenvalue weighted by Gasteiger charge is 2.55. The second-order valence-electron chi connectivity index (χ2n) is 6.81. The molecule has 4 bridgehead atoms. The van der Waals surface area contributed by atoms with E-state index < -0.39 is 5.97 Å². The average molecular weight is 250 g/mol. The van der Waals surface area contributed by atoms with Crippen LogP contribution in [0.1, 0.15) is 39.0 Å². The summed E-state index contributed by atoms with van der Waals surface area (Å²) in [5, 5.41) is 18.9. The van der Waals surface area contributed by atoms with Gasteiger partial charge in [0.2, 0.25) is 0 Å². The summed E-state index contributed by atoms with van der Waals surface area (Å²) >= 11 is 0. The Kier molecular flexibility index (Phi) is 2.77. The Labute approximate surface area is 108 Å². The summed E-state index contributed by atoms with van der Waals surface area (Å²) in [7, 11) is 0. The standard InChI is InChI=1S/C15H22O3/c1-9(14(17)18)2-13-12-4-10-3-11(5-12)7-15(13,6-10)8-16/h2,10-13,16H,3-8H2,1H3,(H,17,18). The van der Waals surface area contributed by atoms with Gasteiger partial charge in [-0.1, -0.05) is 6.08 Å². The number of carbonyl (C=O) groups is 1. The second kappa shape index (κ2) is 4.09. The first kappa shape index (κ1) is 12.2. The molecule has 3 heteroatoms. The van der Waals surface area contributed by atoms with Gasteiger partial charge in [-0.2, -0.15) is 0 Å². The van der Waals surface area contributed by atoms with Crippen molar-refractivity contribution in [3.63, 3.8) is 0 Å². The molecule has 4 saturated carbocycles. The summed E-state index contributed by atoms with van der Waals surface area (Å²) in [6.07, 6.45) is 7.97. The van der Waals surface area contributed by atoms with Crippen LogP contribution in [-0.4, -0.2) is 22.8 Å². The Bertz CT molecular complexity index is 385. The topological polar surface area (TPSA) is 57.5 Å². The highest BCUT2D eigenvalue weighted by Crippen LogP contribution is 2.63. The fourth-order valence-corrected chi connectivity index (χ4v) is 5.14. The largest absolute Gasteiger partial charge is 0.478 e. The molecule has 0 heterocycles. The van der Waals surface area contributed by atoms with Crippen molar-refractivity contribution in [2.24, 2.45) is 29.1 Å². The molecule has 100 valence electrons. The highest BCUT2D eigenvalue weighted by molar-refractivity contribution is 5.85. The summed E-state index contributed by atoms with van der Waals surface area (Å²) in [4.78, 5) is 11.0. The molecule has 18 heavy (non-hydrogen) atoms. The number of aliphatic hydroxyl groups is 1. The highest BCUT2D eigenvalue weighted by atomic mass is 16.4. The lowest BCUT2D eigenvalue weighted by Gasteiger charge is -2.60. The molecule has 4 aliphatic carbocycles. The number of aliphatic hydroxyl groups excluding tert-OH is 1. The minimum atomic E-state index is -0.822. The molecule has 0 aromatic heterocycles. The van der Waals surface area contributed by atoms with Crippen molar-refractivity contribution in [1.82, 2.24) is 0 Å². The van der Waals surface area contributed by atoms with E-state index in [1.165, 1.54) is 19.3 Å². The molecule has 0 aromatic carbocycles. The zero-order valence-corrected chi connectivity index (χ0v) is 10.9. The van der Waals surface area contributed by atoms with Crippen molar-refractivity contribution in [1.29, 1.82) is 0 Å². The molecule has 4 aliphatic rings. The minimum Gasteiger partial charge on any atom is -0.478 e. The van der Waals surface area contributed by atoms with E-state index in [0.29, 0.717) is 11.5 Å². The second-order valence-corrected chi connectivity index (χ2v) is 6.81. The molecule has 0 aliphatic heterocycles.